The predicted octanol–water partition coefficient (Wildman–Crippen LogP) is 0.152. The normalized spacial score (nSPS) is 11.8. The molecule has 0 fully saturated rings. The standard InChI is InChI=1S/C12H16FN5O2S/c1-14-6-9-3-4-10(13)5-11(9)21(19,20)16-7-12-15-8-18(2)17-12/h3-5,8,14,16H,6-7H2,1-2H3. The molecule has 1 aromatic carbocycles. The summed E-state index contributed by atoms with van der Waals surface area (Å²) in [4.78, 5) is 3.84. The SMILES string of the molecule is CNCc1ccc(F)cc1S(=O)(=O)NCc1ncn(C)n1. The summed E-state index contributed by atoms with van der Waals surface area (Å²) in [5.74, 6) is -0.265. The first-order valence-electron chi connectivity index (χ1n) is 6.19. The van der Waals surface area contributed by atoms with Gasteiger partial charge in [-0.05, 0) is 24.7 Å². The molecule has 2 aromatic rings. The van der Waals surface area contributed by atoms with Gasteiger partial charge in [0.15, 0.2) is 5.82 Å². The molecule has 0 spiro atoms. The zero-order valence-electron chi connectivity index (χ0n) is 11.7. The lowest BCUT2D eigenvalue weighted by molar-refractivity contribution is 0.572. The number of halogens is 1. The Bertz CT molecular complexity index is 729. The minimum atomic E-state index is -3.84. The highest BCUT2D eigenvalue weighted by Gasteiger charge is 2.19. The Kier molecular flexibility index (Phi) is 4.66. The molecule has 9 heteroatoms. The second kappa shape index (κ2) is 6.29. The minimum Gasteiger partial charge on any atom is -0.316 e. The lowest BCUT2D eigenvalue weighted by Crippen LogP contribution is -2.26. The number of hydrogen-bond acceptors (Lipinski definition) is 5. The van der Waals surface area contributed by atoms with E-state index in [9.17, 15) is 12.8 Å². The lowest BCUT2D eigenvalue weighted by Gasteiger charge is -2.10. The quantitative estimate of drug-likeness (QED) is 0.792. The van der Waals surface area contributed by atoms with Crippen LogP contribution in [0.15, 0.2) is 29.4 Å². The Hall–Kier alpha value is -1.84. The summed E-state index contributed by atoms with van der Waals surface area (Å²) < 4.78 is 41.8. The van der Waals surface area contributed by atoms with E-state index in [-0.39, 0.29) is 11.4 Å². The van der Waals surface area contributed by atoms with Gasteiger partial charge in [0.25, 0.3) is 0 Å². The van der Waals surface area contributed by atoms with Crippen LogP contribution in [0.2, 0.25) is 0 Å². The van der Waals surface area contributed by atoms with Crippen LogP contribution < -0.4 is 10.0 Å². The van der Waals surface area contributed by atoms with Crippen molar-refractivity contribution in [1.82, 2.24) is 24.8 Å². The molecule has 0 unspecified atom stereocenters. The molecule has 2 N–H and O–H groups in total. The van der Waals surface area contributed by atoms with Crippen molar-refractivity contribution in [3.63, 3.8) is 0 Å². The number of hydrogen-bond donors (Lipinski definition) is 2. The van der Waals surface area contributed by atoms with Crippen molar-refractivity contribution in [2.24, 2.45) is 7.05 Å². The van der Waals surface area contributed by atoms with Crippen molar-refractivity contribution in [3.05, 3.63) is 41.7 Å². The van der Waals surface area contributed by atoms with Crippen LogP contribution in [0.5, 0.6) is 0 Å². The van der Waals surface area contributed by atoms with E-state index in [2.05, 4.69) is 20.1 Å². The highest BCUT2D eigenvalue weighted by atomic mass is 32.2. The molecule has 0 aliphatic heterocycles. The number of aryl methyl sites for hydroxylation is 1. The summed E-state index contributed by atoms with van der Waals surface area (Å²) in [5, 5.41) is 6.83. The maximum absolute atomic E-state index is 13.3. The summed E-state index contributed by atoms with van der Waals surface area (Å²) in [5.41, 5.74) is 0.486. The van der Waals surface area contributed by atoms with E-state index < -0.39 is 15.8 Å². The van der Waals surface area contributed by atoms with Gasteiger partial charge in [-0.2, -0.15) is 5.10 Å². The Morgan fingerprint density at radius 1 is 1.33 bits per heavy atom. The van der Waals surface area contributed by atoms with Gasteiger partial charge in [0.2, 0.25) is 10.0 Å². The molecular formula is C12H16FN5O2S. The van der Waals surface area contributed by atoms with Crippen molar-refractivity contribution in [2.45, 2.75) is 18.0 Å². The van der Waals surface area contributed by atoms with Gasteiger partial charge in [0.05, 0.1) is 11.4 Å². The summed E-state index contributed by atoms with van der Waals surface area (Å²) in [6, 6.07) is 3.67. The third-order valence-electron chi connectivity index (χ3n) is 2.75. The van der Waals surface area contributed by atoms with Gasteiger partial charge in [-0.3, -0.25) is 4.68 Å². The molecule has 0 aliphatic rings. The number of sulfonamides is 1. The second-order valence-electron chi connectivity index (χ2n) is 4.44. The minimum absolute atomic E-state index is 0.0569. The number of benzene rings is 1. The van der Waals surface area contributed by atoms with Crippen LogP contribution in [0.1, 0.15) is 11.4 Å². The van der Waals surface area contributed by atoms with Gasteiger partial charge in [-0.25, -0.2) is 22.5 Å². The average molecular weight is 313 g/mol. The fourth-order valence-electron chi connectivity index (χ4n) is 1.82. The Morgan fingerprint density at radius 2 is 2.10 bits per heavy atom. The third kappa shape index (κ3) is 3.84. The summed E-state index contributed by atoms with van der Waals surface area (Å²) in [6.45, 7) is 0.261. The first kappa shape index (κ1) is 15.5. The smallest absolute Gasteiger partial charge is 0.241 e. The van der Waals surface area contributed by atoms with E-state index in [1.807, 2.05) is 0 Å². The van der Waals surface area contributed by atoms with Crippen molar-refractivity contribution in [3.8, 4) is 0 Å². The van der Waals surface area contributed by atoms with Gasteiger partial charge in [-0.1, -0.05) is 6.07 Å². The van der Waals surface area contributed by atoms with Crippen LogP contribution in [0.25, 0.3) is 0 Å². The molecule has 2 rings (SSSR count). The topological polar surface area (TPSA) is 88.9 Å². The van der Waals surface area contributed by atoms with Crippen molar-refractivity contribution < 1.29 is 12.8 Å². The monoisotopic (exact) mass is 313 g/mol. The Morgan fingerprint density at radius 3 is 2.71 bits per heavy atom. The first-order valence-corrected chi connectivity index (χ1v) is 7.68. The highest BCUT2D eigenvalue weighted by molar-refractivity contribution is 7.89. The van der Waals surface area contributed by atoms with Crippen LogP contribution in [-0.4, -0.2) is 30.2 Å². The first-order chi connectivity index (χ1) is 9.92. The zero-order chi connectivity index (χ0) is 15.5. The van der Waals surface area contributed by atoms with Crippen LogP contribution >= 0.6 is 0 Å². The van der Waals surface area contributed by atoms with Gasteiger partial charge < -0.3 is 5.32 Å². The van der Waals surface area contributed by atoms with E-state index in [0.29, 0.717) is 17.9 Å². The molecule has 21 heavy (non-hydrogen) atoms. The fraction of sp³-hybridized carbons (Fsp3) is 0.333. The number of nitrogens with zero attached hydrogens (tertiary/aromatic N) is 3. The maximum Gasteiger partial charge on any atom is 0.241 e. The fourth-order valence-corrected chi connectivity index (χ4v) is 3.04. The molecule has 0 atom stereocenters. The molecule has 0 saturated heterocycles. The molecule has 0 saturated carbocycles. The van der Waals surface area contributed by atoms with Crippen molar-refractivity contribution in [2.75, 3.05) is 7.05 Å². The highest BCUT2D eigenvalue weighted by Crippen LogP contribution is 2.17. The van der Waals surface area contributed by atoms with Crippen molar-refractivity contribution in [1.29, 1.82) is 0 Å². The summed E-state index contributed by atoms with van der Waals surface area (Å²) >= 11 is 0. The van der Waals surface area contributed by atoms with E-state index in [1.54, 1.807) is 14.1 Å². The summed E-state index contributed by atoms with van der Waals surface area (Å²) in [7, 11) is -0.475. The molecule has 1 heterocycles. The Balaban J connectivity index is 2.24. The zero-order valence-corrected chi connectivity index (χ0v) is 12.5. The van der Waals surface area contributed by atoms with Crippen LogP contribution in [0, 0.1) is 5.82 Å². The molecule has 0 aliphatic carbocycles. The van der Waals surface area contributed by atoms with Crippen LogP contribution in [-0.2, 0) is 30.2 Å². The Labute approximate surface area is 122 Å². The third-order valence-corrected chi connectivity index (χ3v) is 4.24. The molecule has 7 nitrogen and oxygen atoms in total. The van der Waals surface area contributed by atoms with Crippen LogP contribution in [0.4, 0.5) is 4.39 Å². The largest absolute Gasteiger partial charge is 0.316 e. The summed E-state index contributed by atoms with van der Waals surface area (Å²) in [6.07, 6.45) is 1.47. The molecule has 0 amide bonds. The lowest BCUT2D eigenvalue weighted by atomic mass is 10.2. The molecule has 0 bridgehead atoms. The van der Waals surface area contributed by atoms with Gasteiger partial charge in [0, 0.05) is 13.6 Å². The van der Waals surface area contributed by atoms with E-state index in [0.717, 1.165) is 6.07 Å². The van der Waals surface area contributed by atoms with Gasteiger partial charge in [0.1, 0.15) is 12.1 Å². The second-order valence-corrected chi connectivity index (χ2v) is 6.18. The van der Waals surface area contributed by atoms with Gasteiger partial charge in [-0.15, -0.1) is 0 Å². The average Bonchev–Trinajstić information content (AvgIpc) is 2.85. The molecular weight excluding hydrogens is 297 g/mol. The van der Waals surface area contributed by atoms with E-state index in [1.165, 1.54) is 23.1 Å². The number of aromatic nitrogens is 3. The number of nitrogens with one attached hydrogen (secondary N) is 2. The predicted molar refractivity (Wildman–Crippen MR) is 74.2 cm³/mol. The van der Waals surface area contributed by atoms with Gasteiger partial charge >= 0.3 is 0 Å². The molecule has 0 radical (unpaired) electrons. The van der Waals surface area contributed by atoms with E-state index in [4.69, 9.17) is 0 Å². The molecule has 114 valence electrons. The van der Waals surface area contributed by atoms with Crippen LogP contribution in [0.3, 0.4) is 0 Å². The molecule has 1 aromatic heterocycles. The maximum atomic E-state index is 13.3. The van der Waals surface area contributed by atoms with E-state index >= 15 is 0 Å². The number of rotatable bonds is 6. The van der Waals surface area contributed by atoms with Crippen molar-refractivity contribution >= 4 is 10.0 Å².